The Hall–Kier alpha value is -2.43. The Labute approximate surface area is 161 Å². The molecule has 0 N–H and O–H groups in total. The van der Waals surface area contributed by atoms with Crippen LogP contribution in [0.4, 0.5) is 0 Å². The van der Waals surface area contributed by atoms with E-state index in [1.807, 2.05) is 41.3 Å². The maximum absolute atomic E-state index is 12.3. The van der Waals surface area contributed by atoms with Gasteiger partial charge in [-0.05, 0) is 35.4 Å². The van der Waals surface area contributed by atoms with Crippen molar-refractivity contribution in [1.82, 2.24) is 9.88 Å². The molecule has 0 radical (unpaired) electrons. The molecule has 5 heteroatoms. The zero-order valence-corrected chi connectivity index (χ0v) is 15.6. The quantitative estimate of drug-likeness (QED) is 0.590. The molecule has 0 bridgehead atoms. The first-order chi connectivity index (χ1) is 12.7. The van der Waals surface area contributed by atoms with Gasteiger partial charge in [-0.1, -0.05) is 48.5 Å². The third-order valence-electron chi connectivity index (χ3n) is 4.69. The number of fused-ring (bicyclic) bond motifs is 1. The number of benzene rings is 1. The largest absolute Gasteiger partial charge is 0.333 e. The van der Waals surface area contributed by atoms with E-state index >= 15 is 0 Å². The highest BCUT2D eigenvalue weighted by atomic mass is 35.5. The number of hydrogen-bond donors (Lipinski definition) is 0. The summed E-state index contributed by atoms with van der Waals surface area (Å²) in [7, 11) is 0. The molecule has 3 nitrogen and oxygen atoms in total. The summed E-state index contributed by atoms with van der Waals surface area (Å²) in [5.41, 5.74) is 4.37. The molecule has 0 saturated heterocycles. The summed E-state index contributed by atoms with van der Waals surface area (Å²) in [6, 6.07) is 16.2. The van der Waals surface area contributed by atoms with Gasteiger partial charge in [-0.25, -0.2) is 0 Å². The summed E-state index contributed by atoms with van der Waals surface area (Å²) in [5, 5.41) is 0. The Morgan fingerprint density at radius 2 is 2.04 bits per heavy atom. The zero-order chi connectivity index (χ0) is 18.1. The molecule has 0 fully saturated rings. The first-order valence-electron chi connectivity index (χ1n) is 8.37. The van der Waals surface area contributed by atoms with Crippen molar-refractivity contribution in [2.24, 2.45) is 0 Å². The number of rotatable bonds is 3. The third kappa shape index (κ3) is 3.06. The normalized spacial score (nSPS) is 16.2. The van der Waals surface area contributed by atoms with E-state index in [2.05, 4.69) is 23.7 Å². The fourth-order valence-corrected chi connectivity index (χ4v) is 4.86. The van der Waals surface area contributed by atoms with Crippen molar-refractivity contribution in [2.75, 3.05) is 6.54 Å². The van der Waals surface area contributed by atoms with Crippen molar-refractivity contribution in [3.63, 3.8) is 0 Å². The number of halogens is 1. The summed E-state index contributed by atoms with van der Waals surface area (Å²) in [6.07, 6.45) is 3.18. The number of aromatic nitrogens is 1. The summed E-state index contributed by atoms with van der Waals surface area (Å²) in [6.45, 7) is 4.83. The van der Waals surface area contributed by atoms with Crippen LogP contribution in [0.15, 0.2) is 67.4 Å². The Balaban J connectivity index is 1.84. The number of amides is 1. The van der Waals surface area contributed by atoms with Gasteiger partial charge in [0.2, 0.25) is 5.91 Å². The number of nitrogens with zero attached hydrogens (tertiary/aromatic N) is 2. The van der Waals surface area contributed by atoms with E-state index in [0.717, 1.165) is 26.0 Å². The van der Waals surface area contributed by atoms with Gasteiger partial charge in [0.05, 0.1) is 16.6 Å². The van der Waals surface area contributed by atoms with Crippen molar-refractivity contribution in [3.8, 4) is 11.3 Å². The van der Waals surface area contributed by atoms with E-state index in [1.165, 1.54) is 11.6 Å². The Morgan fingerprint density at radius 1 is 1.23 bits per heavy atom. The lowest BCUT2D eigenvalue weighted by molar-refractivity contribution is -0.127. The van der Waals surface area contributed by atoms with Crippen molar-refractivity contribution in [3.05, 3.63) is 87.7 Å². The number of hydrogen-bond acceptors (Lipinski definition) is 3. The molecule has 130 valence electrons. The molecule has 0 saturated carbocycles. The Morgan fingerprint density at radius 3 is 2.81 bits per heavy atom. The van der Waals surface area contributed by atoms with Crippen LogP contribution in [0, 0.1) is 0 Å². The van der Waals surface area contributed by atoms with Gasteiger partial charge < -0.3 is 4.90 Å². The molecule has 1 aromatic carbocycles. The average molecular weight is 381 g/mol. The van der Waals surface area contributed by atoms with Crippen LogP contribution in [0.5, 0.6) is 0 Å². The molecule has 3 aromatic rings. The summed E-state index contributed by atoms with van der Waals surface area (Å²) >= 11 is 7.85. The number of carbonyl (C=O) groups is 1. The van der Waals surface area contributed by atoms with E-state index in [4.69, 9.17) is 11.6 Å². The SMILES string of the molecule is C=CC(=O)N1Cc2sc(Cl)cc2[C@@H](c2ccccc2-c2ccccn2)C1. The molecule has 3 heterocycles. The highest BCUT2D eigenvalue weighted by Crippen LogP contribution is 2.42. The lowest BCUT2D eigenvalue weighted by atomic mass is 9.85. The van der Waals surface area contributed by atoms with Crippen molar-refractivity contribution in [2.45, 2.75) is 12.5 Å². The average Bonchev–Trinajstić information content (AvgIpc) is 3.07. The monoisotopic (exact) mass is 380 g/mol. The second kappa shape index (κ2) is 7.06. The maximum atomic E-state index is 12.3. The van der Waals surface area contributed by atoms with E-state index in [9.17, 15) is 4.79 Å². The van der Waals surface area contributed by atoms with Gasteiger partial charge >= 0.3 is 0 Å². The maximum Gasteiger partial charge on any atom is 0.246 e. The second-order valence-electron chi connectivity index (χ2n) is 6.21. The zero-order valence-electron chi connectivity index (χ0n) is 14.1. The van der Waals surface area contributed by atoms with Crippen LogP contribution in [-0.4, -0.2) is 22.3 Å². The van der Waals surface area contributed by atoms with Crippen molar-refractivity contribution >= 4 is 28.8 Å². The molecule has 1 aliphatic heterocycles. The summed E-state index contributed by atoms with van der Waals surface area (Å²) < 4.78 is 0.753. The van der Waals surface area contributed by atoms with E-state index in [-0.39, 0.29) is 11.8 Å². The summed E-state index contributed by atoms with van der Waals surface area (Å²) in [5.74, 6) is 0.00472. The lowest BCUT2D eigenvalue weighted by Gasteiger charge is -2.33. The van der Waals surface area contributed by atoms with Crippen LogP contribution in [0.1, 0.15) is 21.9 Å². The predicted octanol–water partition coefficient (Wildman–Crippen LogP) is 5.12. The molecular formula is C21H17ClN2OS. The number of thiophene rings is 1. The van der Waals surface area contributed by atoms with Crippen molar-refractivity contribution < 1.29 is 4.79 Å². The Bertz CT molecular complexity index is 967. The fraction of sp³-hybridized carbons (Fsp3) is 0.143. The number of pyridine rings is 1. The lowest BCUT2D eigenvalue weighted by Crippen LogP contribution is -2.37. The summed E-state index contributed by atoms with van der Waals surface area (Å²) in [4.78, 5) is 19.8. The van der Waals surface area contributed by atoms with Crippen molar-refractivity contribution in [1.29, 1.82) is 0 Å². The first kappa shape index (κ1) is 17.0. The van der Waals surface area contributed by atoms with Crippen LogP contribution in [0.3, 0.4) is 0 Å². The Kier molecular flexibility index (Phi) is 4.62. The van der Waals surface area contributed by atoms with Gasteiger partial charge in [-0.3, -0.25) is 9.78 Å². The molecule has 2 aromatic heterocycles. The van der Waals surface area contributed by atoms with Gasteiger partial charge in [0.15, 0.2) is 0 Å². The van der Waals surface area contributed by atoms with E-state index < -0.39 is 0 Å². The minimum atomic E-state index is -0.0551. The van der Waals surface area contributed by atoms with Gasteiger partial charge in [0, 0.05) is 29.1 Å². The molecule has 4 rings (SSSR count). The van der Waals surface area contributed by atoms with Crippen LogP contribution in [0.25, 0.3) is 11.3 Å². The standard InChI is InChI=1S/C21H17ClN2OS/c1-2-21(25)24-12-17(16-11-20(22)26-19(16)13-24)14-7-3-4-8-15(14)18-9-5-6-10-23-18/h2-11,17H,1,12-13H2/t17-/m1/s1. The van der Waals surface area contributed by atoms with Gasteiger partial charge in [0.1, 0.15) is 0 Å². The molecule has 26 heavy (non-hydrogen) atoms. The highest BCUT2D eigenvalue weighted by Gasteiger charge is 2.31. The minimum absolute atomic E-state index is 0.0551. The fourth-order valence-electron chi connectivity index (χ4n) is 3.50. The minimum Gasteiger partial charge on any atom is -0.333 e. The molecule has 1 amide bonds. The molecule has 1 atom stereocenters. The molecule has 0 unspecified atom stereocenters. The molecular weight excluding hydrogens is 364 g/mol. The van der Waals surface area contributed by atoms with E-state index in [1.54, 1.807) is 17.5 Å². The third-order valence-corrected chi connectivity index (χ3v) is 5.95. The second-order valence-corrected chi connectivity index (χ2v) is 7.97. The molecule has 0 spiro atoms. The predicted molar refractivity (Wildman–Crippen MR) is 106 cm³/mol. The van der Waals surface area contributed by atoms with Gasteiger partial charge in [0.25, 0.3) is 0 Å². The van der Waals surface area contributed by atoms with Gasteiger partial charge in [-0.15, -0.1) is 11.3 Å². The smallest absolute Gasteiger partial charge is 0.246 e. The van der Waals surface area contributed by atoms with Crippen LogP contribution < -0.4 is 0 Å². The van der Waals surface area contributed by atoms with Crippen LogP contribution in [-0.2, 0) is 11.3 Å². The molecule has 1 aliphatic rings. The first-order valence-corrected chi connectivity index (χ1v) is 9.56. The highest BCUT2D eigenvalue weighted by molar-refractivity contribution is 7.16. The molecule has 0 aliphatic carbocycles. The van der Waals surface area contributed by atoms with E-state index in [0.29, 0.717) is 13.1 Å². The van der Waals surface area contributed by atoms with Gasteiger partial charge in [-0.2, -0.15) is 0 Å². The topological polar surface area (TPSA) is 33.2 Å². The number of carbonyl (C=O) groups excluding carboxylic acids is 1. The van der Waals surface area contributed by atoms with Crippen LogP contribution in [0.2, 0.25) is 4.34 Å². The van der Waals surface area contributed by atoms with Crippen LogP contribution >= 0.6 is 22.9 Å².